The number of rotatable bonds is 4. The van der Waals surface area contributed by atoms with E-state index < -0.39 is 12.0 Å². The van der Waals surface area contributed by atoms with Crippen molar-refractivity contribution in [3.8, 4) is 0 Å². The minimum absolute atomic E-state index is 0.208. The molecule has 2 atom stereocenters. The van der Waals surface area contributed by atoms with Gasteiger partial charge in [-0.25, -0.2) is 5.06 Å². The second-order valence-electron chi connectivity index (χ2n) is 5.40. The Labute approximate surface area is 150 Å². The highest BCUT2D eigenvalue weighted by Gasteiger charge is 2.44. The number of hydroxylamine groups is 1. The molecular formula is C18H17Cl2NO3. The molecule has 2 unspecified atom stereocenters. The summed E-state index contributed by atoms with van der Waals surface area (Å²) in [4.78, 5) is 18.2. The molecule has 126 valence electrons. The number of nitrogens with zero attached hydrogens (tertiary/aromatic N) is 1. The monoisotopic (exact) mass is 365 g/mol. The third kappa shape index (κ3) is 3.22. The number of hydrogen-bond donors (Lipinski definition) is 0. The zero-order chi connectivity index (χ0) is 17.1. The molecule has 0 N–H and O–H groups in total. The van der Waals surface area contributed by atoms with E-state index in [0.29, 0.717) is 22.2 Å². The maximum Gasteiger partial charge on any atom is 0.313 e. The molecule has 1 heterocycles. The smallest absolute Gasteiger partial charge is 0.313 e. The van der Waals surface area contributed by atoms with Crippen LogP contribution in [0.4, 0.5) is 5.69 Å². The minimum Gasteiger partial charge on any atom is -0.466 e. The number of carbonyl (C=O) groups is 1. The van der Waals surface area contributed by atoms with E-state index in [0.717, 1.165) is 5.69 Å². The Morgan fingerprint density at radius 2 is 1.83 bits per heavy atom. The van der Waals surface area contributed by atoms with E-state index in [1.165, 1.54) is 0 Å². The number of esters is 1. The van der Waals surface area contributed by atoms with Gasteiger partial charge in [0.25, 0.3) is 0 Å². The first-order valence-electron chi connectivity index (χ1n) is 7.71. The van der Waals surface area contributed by atoms with Gasteiger partial charge in [0, 0.05) is 15.6 Å². The Bertz CT molecular complexity index is 703. The van der Waals surface area contributed by atoms with Gasteiger partial charge in [-0.15, -0.1) is 0 Å². The molecule has 24 heavy (non-hydrogen) atoms. The van der Waals surface area contributed by atoms with Crippen LogP contribution in [0.2, 0.25) is 10.0 Å². The molecule has 2 aromatic carbocycles. The van der Waals surface area contributed by atoms with Crippen molar-refractivity contribution < 1.29 is 14.4 Å². The number of benzene rings is 2. The summed E-state index contributed by atoms with van der Waals surface area (Å²) in [5.74, 6) is -0.834. The highest BCUT2D eigenvalue weighted by atomic mass is 35.5. The predicted octanol–water partition coefficient (Wildman–Crippen LogP) is 4.67. The molecule has 0 bridgehead atoms. The SMILES string of the molecule is CCOC(=O)C1CON(c2ccccc2)C1c1c(Cl)cccc1Cl. The van der Waals surface area contributed by atoms with Crippen molar-refractivity contribution in [3.63, 3.8) is 0 Å². The molecule has 1 aliphatic heterocycles. The second-order valence-corrected chi connectivity index (χ2v) is 6.21. The van der Waals surface area contributed by atoms with Crippen LogP contribution in [0.15, 0.2) is 48.5 Å². The molecule has 2 aromatic rings. The molecule has 3 rings (SSSR count). The summed E-state index contributed by atoms with van der Waals surface area (Å²) in [5, 5.41) is 2.68. The molecule has 0 aromatic heterocycles. The van der Waals surface area contributed by atoms with Crippen molar-refractivity contribution in [2.24, 2.45) is 5.92 Å². The third-order valence-electron chi connectivity index (χ3n) is 3.92. The van der Waals surface area contributed by atoms with Crippen molar-refractivity contribution in [3.05, 3.63) is 64.1 Å². The summed E-state index contributed by atoms with van der Waals surface area (Å²) in [6.45, 7) is 2.30. The standard InChI is InChI=1S/C18H17Cl2NO3/c1-2-23-18(22)13-11-24-21(12-7-4-3-5-8-12)17(13)16-14(19)9-6-10-15(16)20/h3-10,13,17H,2,11H2,1H3. The van der Waals surface area contributed by atoms with Crippen molar-refractivity contribution in [1.29, 1.82) is 0 Å². The number of hydrogen-bond acceptors (Lipinski definition) is 4. The summed E-state index contributed by atoms with van der Waals surface area (Å²) in [6.07, 6.45) is 0. The zero-order valence-corrected chi connectivity index (χ0v) is 14.6. The van der Waals surface area contributed by atoms with Crippen molar-refractivity contribution in [2.75, 3.05) is 18.3 Å². The van der Waals surface area contributed by atoms with Crippen LogP contribution in [0.25, 0.3) is 0 Å². The molecule has 0 amide bonds. The summed E-state index contributed by atoms with van der Waals surface area (Å²) < 4.78 is 5.21. The minimum atomic E-state index is -0.512. The van der Waals surface area contributed by atoms with E-state index in [2.05, 4.69) is 0 Å². The van der Waals surface area contributed by atoms with Crippen LogP contribution >= 0.6 is 23.2 Å². The highest BCUT2D eigenvalue weighted by Crippen LogP contribution is 2.44. The van der Waals surface area contributed by atoms with Gasteiger partial charge in [-0.3, -0.25) is 9.63 Å². The second kappa shape index (κ2) is 7.43. The fraction of sp³-hybridized carbons (Fsp3) is 0.278. The maximum atomic E-state index is 12.4. The number of halogens is 2. The van der Waals surface area contributed by atoms with E-state index >= 15 is 0 Å². The van der Waals surface area contributed by atoms with Gasteiger partial charge in [-0.05, 0) is 31.2 Å². The molecule has 6 heteroatoms. The lowest BCUT2D eigenvalue weighted by atomic mass is 9.93. The van der Waals surface area contributed by atoms with Gasteiger partial charge in [0.1, 0.15) is 12.0 Å². The topological polar surface area (TPSA) is 38.8 Å². The fourth-order valence-electron chi connectivity index (χ4n) is 2.86. The van der Waals surface area contributed by atoms with Crippen molar-refractivity contribution in [1.82, 2.24) is 0 Å². The van der Waals surface area contributed by atoms with Crippen LogP contribution in [0.3, 0.4) is 0 Å². The quantitative estimate of drug-likeness (QED) is 0.738. The molecule has 4 nitrogen and oxygen atoms in total. The summed E-state index contributed by atoms with van der Waals surface area (Å²) in [6, 6.07) is 14.4. The van der Waals surface area contributed by atoms with Gasteiger partial charge >= 0.3 is 5.97 Å². The predicted molar refractivity (Wildman–Crippen MR) is 94.2 cm³/mol. The Hall–Kier alpha value is -1.75. The first-order valence-corrected chi connectivity index (χ1v) is 8.46. The van der Waals surface area contributed by atoms with E-state index in [1.54, 1.807) is 30.2 Å². The van der Waals surface area contributed by atoms with E-state index in [-0.39, 0.29) is 12.6 Å². The van der Waals surface area contributed by atoms with Crippen LogP contribution in [0.1, 0.15) is 18.5 Å². The van der Waals surface area contributed by atoms with Gasteiger partial charge in [0.2, 0.25) is 0 Å². The molecule has 1 aliphatic rings. The van der Waals surface area contributed by atoms with Gasteiger partial charge in [0.05, 0.1) is 18.9 Å². The van der Waals surface area contributed by atoms with Crippen LogP contribution in [0, 0.1) is 5.92 Å². The van der Waals surface area contributed by atoms with E-state index in [4.69, 9.17) is 32.8 Å². The summed E-state index contributed by atoms with van der Waals surface area (Å²) >= 11 is 12.8. The third-order valence-corrected chi connectivity index (χ3v) is 4.58. The van der Waals surface area contributed by atoms with Gasteiger partial charge < -0.3 is 4.74 Å². The zero-order valence-electron chi connectivity index (χ0n) is 13.1. The lowest BCUT2D eigenvalue weighted by Crippen LogP contribution is -2.29. The van der Waals surface area contributed by atoms with E-state index in [1.807, 2.05) is 30.3 Å². The first-order chi connectivity index (χ1) is 11.6. The summed E-state index contributed by atoms with van der Waals surface area (Å²) in [7, 11) is 0. The lowest BCUT2D eigenvalue weighted by Gasteiger charge is -2.28. The van der Waals surface area contributed by atoms with Crippen LogP contribution in [-0.2, 0) is 14.4 Å². The van der Waals surface area contributed by atoms with Crippen molar-refractivity contribution >= 4 is 34.9 Å². The maximum absolute atomic E-state index is 12.4. The number of ether oxygens (including phenoxy) is 1. The van der Waals surface area contributed by atoms with Crippen LogP contribution in [0.5, 0.6) is 0 Å². The number of carbonyl (C=O) groups excluding carboxylic acids is 1. The van der Waals surface area contributed by atoms with Crippen molar-refractivity contribution in [2.45, 2.75) is 13.0 Å². The molecule has 0 aliphatic carbocycles. The largest absolute Gasteiger partial charge is 0.466 e. The highest BCUT2D eigenvalue weighted by molar-refractivity contribution is 6.36. The van der Waals surface area contributed by atoms with E-state index in [9.17, 15) is 4.79 Å². The van der Waals surface area contributed by atoms with Gasteiger partial charge in [0.15, 0.2) is 0 Å². The average Bonchev–Trinajstić information content (AvgIpc) is 3.00. The Morgan fingerprint density at radius 1 is 1.17 bits per heavy atom. The first kappa shape index (κ1) is 17.1. The molecule has 1 saturated heterocycles. The Morgan fingerprint density at radius 3 is 2.46 bits per heavy atom. The van der Waals surface area contributed by atoms with Crippen LogP contribution in [-0.4, -0.2) is 19.2 Å². The Kier molecular flexibility index (Phi) is 5.29. The average molecular weight is 366 g/mol. The van der Waals surface area contributed by atoms with Gasteiger partial charge in [-0.2, -0.15) is 0 Å². The normalized spacial score (nSPS) is 20.2. The molecular weight excluding hydrogens is 349 g/mol. The molecule has 0 radical (unpaired) electrons. The number of anilines is 1. The van der Waals surface area contributed by atoms with Crippen LogP contribution < -0.4 is 5.06 Å². The molecule has 0 spiro atoms. The molecule has 1 fully saturated rings. The Balaban J connectivity index is 2.06. The summed E-state index contributed by atoms with van der Waals surface area (Å²) in [5.41, 5.74) is 1.49. The number of para-hydroxylation sites is 1. The fourth-order valence-corrected chi connectivity index (χ4v) is 3.48. The molecule has 0 saturated carbocycles. The van der Waals surface area contributed by atoms with Gasteiger partial charge in [-0.1, -0.05) is 47.5 Å². The lowest BCUT2D eigenvalue weighted by molar-refractivity contribution is -0.148.